The second kappa shape index (κ2) is 5.84. The number of nitrogens with two attached hydrogens (primary N) is 2. The van der Waals surface area contributed by atoms with Crippen molar-refractivity contribution in [2.24, 2.45) is 0 Å². The van der Waals surface area contributed by atoms with E-state index in [2.05, 4.69) is 30.5 Å². The molecule has 0 atom stereocenters. The first-order valence-electron chi connectivity index (χ1n) is 5.00. The Balaban J connectivity index is 0.00000144. The van der Waals surface area contributed by atoms with E-state index in [4.69, 9.17) is 11.5 Å². The summed E-state index contributed by atoms with van der Waals surface area (Å²) in [6.45, 7) is 0. The molecule has 2 aromatic rings. The van der Waals surface area contributed by atoms with Crippen LogP contribution in [0.4, 0.5) is 11.4 Å². The van der Waals surface area contributed by atoms with Crippen molar-refractivity contribution in [3.05, 3.63) is 42.5 Å². The molecule has 0 heterocycles. The summed E-state index contributed by atoms with van der Waals surface area (Å²) in [5.41, 5.74) is 15.2. The molecular weight excluding hydrogens is 252 g/mol. The van der Waals surface area contributed by atoms with Gasteiger partial charge in [-0.3, -0.25) is 0 Å². The molecule has 0 aliphatic heterocycles. The maximum atomic E-state index is 5.94. The zero-order valence-corrected chi connectivity index (χ0v) is 11.1. The topological polar surface area (TPSA) is 52.0 Å². The van der Waals surface area contributed by atoms with Crippen LogP contribution in [-0.2, 0) is 0 Å². The molecule has 90 valence electrons. The van der Waals surface area contributed by atoms with Gasteiger partial charge >= 0.3 is 0 Å². The summed E-state index contributed by atoms with van der Waals surface area (Å²) in [4.78, 5) is 1.25. The standard InChI is InChI=1S/C13H14N2S.ClH/c1-16-11-5-2-9(3-6-11)12-7-4-10(14)8-13(12)15;/h2-8H,14-15H2,1H3;1H. The third kappa shape index (κ3) is 3.08. The highest BCUT2D eigenvalue weighted by molar-refractivity contribution is 7.98. The van der Waals surface area contributed by atoms with Crippen LogP contribution in [-0.4, -0.2) is 6.26 Å². The van der Waals surface area contributed by atoms with Crippen molar-refractivity contribution < 1.29 is 0 Å². The second-order valence-corrected chi connectivity index (χ2v) is 4.45. The molecule has 2 nitrogen and oxygen atoms in total. The second-order valence-electron chi connectivity index (χ2n) is 3.58. The number of hydrogen-bond acceptors (Lipinski definition) is 3. The molecule has 17 heavy (non-hydrogen) atoms. The molecule has 0 aliphatic rings. The van der Waals surface area contributed by atoms with Gasteiger partial charge in [0.2, 0.25) is 0 Å². The maximum Gasteiger partial charge on any atom is 0.0414 e. The molecular formula is C13H15ClN2S. The predicted molar refractivity (Wildman–Crippen MR) is 79.7 cm³/mol. The van der Waals surface area contributed by atoms with E-state index >= 15 is 0 Å². The number of benzene rings is 2. The fraction of sp³-hybridized carbons (Fsp3) is 0.0769. The van der Waals surface area contributed by atoms with Crippen LogP contribution in [0.2, 0.25) is 0 Å². The molecule has 4 heteroatoms. The first-order chi connectivity index (χ1) is 7.70. The lowest BCUT2D eigenvalue weighted by Crippen LogP contribution is -1.92. The molecule has 4 N–H and O–H groups in total. The summed E-state index contributed by atoms with van der Waals surface area (Å²) in [6.07, 6.45) is 2.06. The van der Waals surface area contributed by atoms with E-state index in [9.17, 15) is 0 Å². The zero-order chi connectivity index (χ0) is 11.5. The Morgan fingerprint density at radius 2 is 1.59 bits per heavy atom. The van der Waals surface area contributed by atoms with Gasteiger partial charge in [0.05, 0.1) is 0 Å². The normalized spacial score (nSPS) is 9.71. The van der Waals surface area contributed by atoms with Gasteiger partial charge in [-0.25, -0.2) is 0 Å². The Bertz CT molecular complexity index is 497. The number of halogens is 1. The van der Waals surface area contributed by atoms with Crippen molar-refractivity contribution in [3.8, 4) is 11.1 Å². The van der Waals surface area contributed by atoms with Crippen LogP contribution in [0.15, 0.2) is 47.4 Å². The Kier molecular flexibility index (Phi) is 4.73. The lowest BCUT2D eigenvalue weighted by Gasteiger charge is -2.07. The van der Waals surface area contributed by atoms with Crippen LogP contribution in [0.3, 0.4) is 0 Å². The van der Waals surface area contributed by atoms with Crippen LogP contribution in [0, 0.1) is 0 Å². The van der Waals surface area contributed by atoms with Gasteiger partial charge in [0, 0.05) is 21.8 Å². The summed E-state index contributed by atoms with van der Waals surface area (Å²) in [7, 11) is 0. The highest BCUT2D eigenvalue weighted by Crippen LogP contribution is 2.28. The summed E-state index contributed by atoms with van der Waals surface area (Å²) >= 11 is 1.73. The van der Waals surface area contributed by atoms with Crippen LogP contribution in [0.5, 0.6) is 0 Å². The largest absolute Gasteiger partial charge is 0.399 e. The minimum Gasteiger partial charge on any atom is -0.399 e. The molecule has 0 radical (unpaired) electrons. The van der Waals surface area contributed by atoms with Crippen molar-refractivity contribution in [1.82, 2.24) is 0 Å². The van der Waals surface area contributed by atoms with E-state index in [1.165, 1.54) is 4.90 Å². The first-order valence-corrected chi connectivity index (χ1v) is 6.22. The Morgan fingerprint density at radius 1 is 0.941 bits per heavy atom. The summed E-state index contributed by atoms with van der Waals surface area (Å²) in [5, 5.41) is 0. The lowest BCUT2D eigenvalue weighted by molar-refractivity contribution is 1.46. The van der Waals surface area contributed by atoms with E-state index in [0.717, 1.165) is 16.8 Å². The zero-order valence-electron chi connectivity index (χ0n) is 9.51. The van der Waals surface area contributed by atoms with Crippen molar-refractivity contribution in [1.29, 1.82) is 0 Å². The smallest absolute Gasteiger partial charge is 0.0414 e. The predicted octanol–water partition coefficient (Wildman–Crippen LogP) is 3.66. The van der Waals surface area contributed by atoms with Crippen LogP contribution >= 0.6 is 24.2 Å². The average molecular weight is 267 g/mol. The Labute approximate surface area is 112 Å². The Hall–Kier alpha value is -1.32. The summed E-state index contributed by atoms with van der Waals surface area (Å²) in [5.74, 6) is 0. The molecule has 0 aromatic heterocycles. The van der Waals surface area contributed by atoms with Gasteiger partial charge in [-0.05, 0) is 36.1 Å². The van der Waals surface area contributed by atoms with E-state index in [1.807, 2.05) is 12.1 Å². The van der Waals surface area contributed by atoms with E-state index < -0.39 is 0 Å². The minimum atomic E-state index is 0. The third-order valence-corrected chi connectivity index (χ3v) is 3.22. The van der Waals surface area contributed by atoms with E-state index in [-0.39, 0.29) is 12.4 Å². The van der Waals surface area contributed by atoms with Crippen LogP contribution in [0.1, 0.15) is 0 Å². The highest BCUT2D eigenvalue weighted by Gasteiger charge is 2.02. The molecule has 0 saturated heterocycles. The first kappa shape index (κ1) is 13.7. The van der Waals surface area contributed by atoms with Gasteiger partial charge in [0.15, 0.2) is 0 Å². The molecule has 2 rings (SSSR count). The molecule has 0 fully saturated rings. The molecule has 0 unspecified atom stereocenters. The Morgan fingerprint density at radius 3 is 2.12 bits per heavy atom. The quantitative estimate of drug-likeness (QED) is 0.644. The van der Waals surface area contributed by atoms with Crippen molar-refractivity contribution in [2.45, 2.75) is 4.90 Å². The number of rotatable bonds is 2. The van der Waals surface area contributed by atoms with Crippen molar-refractivity contribution in [3.63, 3.8) is 0 Å². The van der Waals surface area contributed by atoms with E-state index in [0.29, 0.717) is 5.69 Å². The SMILES string of the molecule is CSc1ccc(-c2ccc(N)cc2N)cc1.Cl. The van der Waals surface area contributed by atoms with Crippen molar-refractivity contribution in [2.75, 3.05) is 17.7 Å². The minimum absolute atomic E-state index is 0. The van der Waals surface area contributed by atoms with Crippen molar-refractivity contribution >= 4 is 35.5 Å². The van der Waals surface area contributed by atoms with Gasteiger partial charge in [-0.2, -0.15) is 0 Å². The average Bonchev–Trinajstić information content (AvgIpc) is 2.29. The lowest BCUT2D eigenvalue weighted by atomic mass is 10.0. The molecule has 0 bridgehead atoms. The van der Waals surface area contributed by atoms with Gasteiger partial charge in [0.25, 0.3) is 0 Å². The highest BCUT2D eigenvalue weighted by atomic mass is 35.5. The van der Waals surface area contributed by atoms with Crippen LogP contribution in [0.25, 0.3) is 11.1 Å². The number of anilines is 2. The van der Waals surface area contributed by atoms with Gasteiger partial charge in [-0.1, -0.05) is 18.2 Å². The summed E-state index contributed by atoms with van der Waals surface area (Å²) in [6, 6.07) is 14.0. The van der Waals surface area contributed by atoms with Gasteiger partial charge in [0.1, 0.15) is 0 Å². The molecule has 0 amide bonds. The number of hydrogen-bond donors (Lipinski definition) is 2. The maximum absolute atomic E-state index is 5.94. The van der Waals surface area contributed by atoms with Gasteiger partial charge in [-0.15, -0.1) is 24.2 Å². The fourth-order valence-electron chi connectivity index (χ4n) is 1.61. The third-order valence-electron chi connectivity index (χ3n) is 2.48. The molecule has 2 aromatic carbocycles. The number of nitrogen functional groups attached to an aromatic ring is 2. The summed E-state index contributed by atoms with van der Waals surface area (Å²) < 4.78 is 0. The van der Waals surface area contributed by atoms with Gasteiger partial charge < -0.3 is 11.5 Å². The molecule has 0 spiro atoms. The molecule has 0 saturated carbocycles. The van der Waals surface area contributed by atoms with Crippen LogP contribution < -0.4 is 11.5 Å². The number of thioether (sulfide) groups is 1. The fourth-order valence-corrected chi connectivity index (χ4v) is 2.02. The monoisotopic (exact) mass is 266 g/mol. The molecule has 0 aliphatic carbocycles. The van der Waals surface area contributed by atoms with E-state index in [1.54, 1.807) is 17.8 Å².